The Labute approximate surface area is 151 Å². The molecule has 2 N–H and O–H groups in total. The van der Waals surface area contributed by atoms with Crippen LogP contribution in [0.2, 0.25) is 10.2 Å². The molecule has 126 valence electrons. The van der Waals surface area contributed by atoms with E-state index in [2.05, 4.69) is 22.2 Å². The van der Waals surface area contributed by atoms with Crippen molar-refractivity contribution in [2.45, 2.75) is 0 Å². The molecule has 24 heavy (non-hydrogen) atoms. The number of nitrogens with one attached hydrogen (secondary N) is 2. The number of hydrogen-bond donors (Lipinski definition) is 2. The first-order chi connectivity index (χ1) is 11.5. The molecule has 0 atom stereocenters. The molecule has 1 aromatic heterocycles. The Morgan fingerprint density at radius 2 is 1.88 bits per heavy atom. The summed E-state index contributed by atoms with van der Waals surface area (Å²) in [6.45, 7) is 4.38. The van der Waals surface area contributed by atoms with Crippen LogP contribution in [-0.4, -0.2) is 44.1 Å². The number of hydrogen-bond acceptors (Lipinski definition) is 3. The molecule has 1 aliphatic heterocycles. The van der Waals surface area contributed by atoms with Crippen LogP contribution in [0.15, 0.2) is 36.5 Å². The van der Waals surface area contributed by atoms with Gasteiger partial charge < -0.3 is 15.1 Å². The zero-order valence-electron chi connectivity index (χ0n) is 13.4. The Morgan fingerprint density at radius 1 is 1.21 bits per heavy atom. The van der Waals surface area contributed by atoms with Crippen LogP contribution in [0, 0.1) is 0 Å². The number of amides is 1. The molecule has 3 rings (SSSR count). The van der Waals surface area contributed by atoms with Crippen molar-refractivity contribution in [3.8, 4) is 0 Å². The van der Waals surface area contributed by atoms with Gasteiger partial charge in [-0.2, -0.15) is 0 Å². The lowest BCUT2D eigenvalue weighted by atomic mass is 10.2. The van der Waals surface area contributed by atoms with Gasteiger partial charge in [0.1, 0.15) is 5.15 Å². The van der Waals surface area contributed by atoms with Gasteiger partial charge in [0.05, 0.1) is 43.8 Å². The van der Waals surface area contributed by atoms with Crippen molar-refractivity contribution in [3.63, 3.8) is 0 Å². The molecule has 0 aliphatic carbocycles. The largest absolute Gasteiger partial charge is 0.360 e. The van der Waals surface area contributed by atoms with Crippen molar-refractivity contribution in [2.75, 3.05) is 43.4 Å². The first kappa shape index (κ1) is 17.0. The Kier molecular flexibility index (Phi) is 5.23. The predicted molar refractivity (Wildman–Crippen MR) is 97.5 cm³/mol. The number of carbonyl (C=O) groups excluding carboxylic acids is 1. The molecular weight excluding hydrogens is 347 g/mol. The molecule has 0 radical (unpaired) electrons. The molecule has 2 heterocycles. The highest BCUT2D eigenvalue weighted by Gasteiger charge is 2.17. The maximum atomic E-state index is 12.2. The van der Waals surface area contributed by atoms with Gasteiger partial charge >= 0.3 is 0 Å². The van der Waals surface area contributed by atoms with Gasteiger partial charge in [0.25, 0.3) is 5.91 Å². The summed E-state index contributed by atoms with van der Waals surface area (Å²) in [5.41, 5.74) is 2.28. The number of pyridine rings is 1. The van der Waals surface area contributed by atoms with Crippen LogP contribution in [0.1, 0.15) is 10.4 Å². The number of likely N-dealkylation sites (N-methyl/N-ethyl adjacent to an activating group) is 1. The van der Waals surface area contributed by atoms with E-state index in [4.69, 9.17) is 23.2 Å². The molecule has 0 bridgehead atoms. The third-order valence-corrected chi connectivity index (χ3v) is 4.85. The van der Waals surface area contributed by atoms with Crippen molar-refractivity contribution < 1.29 is 9.69 Å². The summed E-state index contributed by atoms with van der Waals surface area (Å²) in [6, 6.07) is 9.38. The molecule has 1 fully saturated rings. The molecule has 1 saturated heterocycles. The van der Waals surface area contributed by atoms with Crippen LogP contribution < -0.4 is 15.1 Å². The monoisotopic (exact) mass is 365 g/mol. The highest BCUT2D eigenvalue weighted by molar-refractivity contribution is 6.41. The number of benzene rings is 1. The molecule has 1 aliphatic rings. The van der Waals surface area contributed by atoms with E-state index in [9.17, 15) is 4.79 Å². The van der Waals surface area contributed by atoms with Gasteiger partial charge in [0, 0.05) is 17.6 Å². The summed E-state index contributed by atoms with van der Waals surface area (Å²) in [4.78, 5) is 20.0. The fourth-order valence-corrected chi connectivity index (χ4v) is 2.92. The van der Waals surface area contributed by atoms with Crippen molar-refractivity contribution in [3.05, 3.63) is 52.3 Å². The fourth-order valence-electron chi connectivity index (χ4n) is 2.65. The molecule has 0 unspecified atom stereocenters. The normalized spacial score (nSPS) is 15.4. The lowest BCUT2D eigenvalue weighted by molar-refractivity contribution is -0.880. The molecule has 5 nitrogen and oxygen atoms in total. The van der Waals surface area contributed by atoms with E-state index in [0.29, 0.717) is 5.56 Å². The van der Waals surface area contributed by atoms with Gasteiger partial charge in [0.15, 0.2) is 0 Å². The van der Waals surface area contributed by atoms with E-state index < -0.39 is 0 Å². The van der Waals surface area contributed by atoms with E-state index in [1.165, 1.54) is 18.0 Å². The Bertz CT molecular complexity index is 728. The van der Waals surface area contributed by atoms with Crippen molar-refractivity contribution in [1.82, 2.24) is 4.98 Å². The number of halogens is 2. The minimum absolute atomic E-state index is 0.187. The van der Waals surface area contributed by atoms with Gasteiger partial charge in [0.2, 0.25) is 0 Å². The van der Waals surface area contributed by atoms with E-state index in [1.54, 1.807) is 4.90 Å². The quantitative estimate of drug-likeness (QED) is 0.817. The molecule has 1 amide bonds. The molecule has 0 saturated carbocycles. The summed E-state index contributed by atoms with van der Waals surface area (Å²) in [7, 11) is 2.22. The summed E-state index contributed by atoms with van der Waals surface area (Å²) in [6.07, 6.45) is 1.41. The van der Waals surface area contributed by atoms with Crippen molar-refractivity contribution >= 4 is 40.5 Å². The minimum atomic E-state index is -0.267. The number of aromatic nitrogens is 1. The van der Waals surface area contributed by atoms with E-state index in [1.807, 2.05) is 24.3 Å². The Balaban J connectivity index is 1.65. The van der Waals surface area contributed by atoms with Gasteiger partial charge in [-0.15, -0.1) is 0 Å². The Morgan fingerprint density at radius 3 is 2.50 bits per heavy atom. The number of rotatable bonds is 3. The minimum Gasteiger partial charge on any atom is -0.360 e. The summed E-state index contributed by atoms with van der Waals surface area (Å²) < 4.78 is 0. The molecule has 2 aromatic rings. The highest BCUT2D eigenvalue weighted by atomic mass is 35.5. The maximum Gasteiger partial charge on any atom is 0.257 e. The fraction of sp³-hybridized carbons (Fsp3) is 0.294. The second-order valence-corrected chi connectivity index (χ2v) is 6.71. The van der Waals surface area contributed by atoms with Gasteiger partial charge in [-0.25, -0.2) is 4.98 Å². The first-order valence-electron chi connectivity index (χ1n) is 7.81. The topological polar surface area (TPSA) is 49.7 Å². The van der Waals surface area contributed by atoms with Crippen LogP contribution in [0.4, 0.5) is 11.4 Å². The maximum absolute atomic E-state index is 12.2. The van der Waals surface area contributed by atoms with E-state index >= 15 is 0 Å². The summed E-state index contributed by atoms with van der Waals surface area (Å²) in [5.74, 6) is -0.267. The third kappa shape index (κ3) is 3.98. The van der Waals surface area contributed by atoms with Crippen LogP contribution in [0.3, 0.4) is 0 Å². The second kappa shape index (κ2) is 7.38. The average molecular weight is 366 g/mol. The highest BCUT2D eigenvalue weighted by Crippen LogP contribution is 2.21. The van der Waals surface area contributed by atoms with Crippen molar-refractivity contribution in [2.24, 2.45) is 0 Å². The number of anilines is 2. The Hall–Kier alpha value is -1.82. The molecular formula is C17H19Cl2N4O+. The zero-order chi connectivity index (χ0) is 17.1. The first-order valence-corrected chi connectivity index (χ1v) is 8.57. The number of quaternary nitrogens is 1. The van der Waals surface area contributed by atoms with Crippen LogP contribution in [0.5, 0.6) is 0 Å². The number of piperazine rings is 1. The van der Waals surface area contributed by atoms with Gasteiger partial charge in [-0.05, 0) is 30.3 Å². The lowest BCUT2D eigenvalue weighted by Crippen LogP contribution is -3.12. The van der Waals surface area contributed by atoms with Crippen LogP contribution in [0.25, 0.3) is 0 Å². The third-order valence-electron chi connectivity index (χ3n) is 4.17. The zero-order valence-corrected chi connectivity index (χ0v) is 14.9. The standard InChI is InChI=1S/C17H18Cl2N4O/c1-22-6-8-23(9-7-22)14-4-2-13(3-5-14)21-17(24)12-10-15(18)16(19)20-11-12/h2-5,10-11H,6-9H2,1H3,(H,21,24)/p+1. The SMILES string of the molecule is C[NH+]1CCN(c2ccc(NC(=O)c3cnc(Cl)c(Cl)c3)cc2)CC1. The number of nitrogens with zero attached hydrogens (tertiary/aromatic N) is 2. The molecule has 1 aromatic carbocycles. The summed E-state index contributed by atoms with van der Waals surface area (Å²) >= 11 is 11.7. The number of carbonyl (C=O) groups is 1. The summed E-state index contributed by atoms with van der Waals surface area (Å²) in [5, 5.41) is 3.29. The lowest BCUT2D eigenvalue weighted by Gasteiger charge is -2.31. The predicted octanol–water partition coefficient (Wildman–Crippen LogP) is 1.98. The van der Waals surface area contributed by atoms with Crippen LogP contribution >= 0.6 is 23.2 Å². The molecule has 0 spiro atoms. The second-order valence-electron chi connectivity index (χ2n) is 5.94. The van der Waals surface area contributed by atoms with Crippen LogP contribution in [-0.2, 0) is 0 Å². The smallest absolute Gasteiger partial charge is 0.257 e. The molecule has 7 heteroatoms. The van der Waals surface area contributed by atoms with Crippen molar-refractivity contribution in [1.29, 1.82) is 0 Å². The van der Waals surface area contributed by atoms with Gasteiger partial charge in [-0.3, -0.25) is 4.79 Å². The van der Waals surface area contributed by atoms with E-state index in [0.717, 1.165) is 31.9 Å². The van der Waals surface area contributed by atoms with E-state index in [-0.39, 0.29) is 16.1 Å². The van der Waals surface area contributed by atoms with Gasteiger partial charge in [-0.1, -0.05) is 23.2 Å². The average Bonchev–Trinajstić information content (AvgIpc) is 2.59.